The third kappa shape index (κ3) is 108. The predicted octanol–water partition coefficient (Wildman–Crippen LogP) is 3.41. The number of unbranched alkanes of at least 4 members (excludes halogenated alkanes) is 36. The summed E-state index contributed by atoms with van der Waals surface area (Å²) in [5.41, 5.74) is 0. The Morgan fingerprint density at radius 3 is 0.481 bits per heavy atom. The molecule has 0 spiro atoms. The Bertz CT molecular complexity index is 1770. The Kier molecular flexibility index (Phi) is 91.5. The number of nitrogens with one attached hydrogen (secondary N) is 3. The quantitative estimate of drug-likeness (QED) is 0.0277. The van der Waals surface area contributed by atoms with Crippen LogP contribution in [0.4, 0.5) is 0 Å². The zero-order valence-electron chi connectivity index (χ0n) is 51.5. The molecule has 0 radical (unpaired) electrons. The summed E-state index contributed by atoms with van der Waals surface area (Å²) in [6, 6.07) is 0. The fraction of sp³-hybridized carbons (Fsp3) is 0.941. The van der Waals surface area contributed by atoms with E-state index in [2.05, 4.69) is 59.4 Å². The van der Waals surface area contributed by atoms with Crippen LogP contribution < -0.4 is 118 Å². The summed E-state index contributed by atoms with van der Waals surface area (Å²) in [5.74, 6) is 0. The standard InChI is InChI=1S/4C12H26O4S.C3H3N3S3.4Na/c4*1-2-3-4-5-6-7-8-9-10-11-12-16-17(13,14)15;7-1-4-2(8)6-3(9)5-1;;;;/h4*2-12H2,1H3,(H,13,14,15);(H3,4,5,6,7,8,9);;;;/q;;;;;4*+1/p-4. The van der Waals surface area contributed by atoms with Crippen LogP contribution in [0.1, 0.15) is 285 Å². The van der Waals surface area contributed by atoms with Crippen LogP contribution in [0.25, 0.3) is 0 Å². The van der Waals surface area contributed by atoms with Crippen molar-refractivity contribution in [3.8, 4) is 0 Å². The van der Waals surface area contributed by atoms with Crippen molar-refractivity contribution in [3.63, 3.8) is 0 Å². The molecular formula is C51H103N3Na4O16S7. The van der Waals surface area contributed by atoms with Gasteiger partial charge in [-0.05, 0) is 62.3 Å². The summed E-state index contributed by atoms with van der Waals surface area (Å²) in [6.07, 6.45) is 46.8. The maximum atomic E-state index is 10.1. The minimum Gasteiger partial charge on any atom is -0.726 e. The summed E-state index contributed by atoms with van der Waals surface area (Å²) >= 11 is 14.2. The molecular weight excluding hydrogens is 1230 g/mol. The van der Waals surface area contributed by atoms with E-state index in [0.717, 1.165) is 51.4 Å². The van der Waals surface area contributed by atoms with Crippen LogP contribution in [0.2, 0.25) is 0 Å². The molecule has 1 heterocycles. The molecule has 0 bridgehead atoms. The van der Waals surface area contributed by atoms with Crippen molar-refractivity contribution in [2.75, 3.05) is 26.4 Å². The summed E-state index contributed by atoms with van der Waals surface area (Å²) in [4.78, 5) is 7.99. The molecule has 0 saturated heterocycles. The van der Waals surface area contributed by atoms with Crippen molar-refractivity contribution < 1.29 is 187 Å². The molecule has 0 fully saturated rings. The Morgan fingerprint density at radius 2 is 0.370 bits per heavy atom. The van der Waals surface area contributed by atoms with Gasteiger partial charge in [0.25, 0.3) is 0 Å². The normalized spacial score (nSPS) is 11.0. The van der Waals surface area contributed by atoms with Gasteiger partial charge in [0, 0.05) is 0 Å². The molecule has 30 heteroatoms. The maximum Gasteiger partial charge on any atom is 1.00 e. The van der Waals surface area contributed by atoms with E-state index < -0.39 is 41.6 Å². The van der Waals surface area contributed by atoms with Crippen LogP contribution in [-0.2, 0) is 58.3 Å². The van der Waals surface area contributed by atoms with Gasteiger partial charge >= 0.3 is 118 Å². The fourth-order valence-corrected chi connectivity index (χ4v) is 9.50. The number of hydrogen-bond donors (Lipinski definition) is 3. The fourth-order valence-electron chi connectivity index (χ4n) is 7.41. The molecule has 1 aromatic rings. The SMILES string of the molecule is CCCCCCCCCCCCOS(=O)(=O)[O-].CCCCCCCCCCCCOS(=O)(=O)[O-].CCCCCCCCCCCCOS(=O)(=O)[O-].CCCCCCCCCCCCOS(=O)(=O)[O-].S=c1[nH]c(=S)[nH]c(=S)[nH]1.[Na+].[Na+].[Na+].[Na+]. The second-order valence-electron chi connectivity index (χ2n) is 19.0. The van der Waals surface area contributed by atoms with Crippen molar-refractivity contribution >= 4 is 78.2 Å². The second-order valence-corrected chi connectivity index (χ2v) is 24.4. The summed E-state index contributed by atoms with van der Waals surface area (Å²) in [7, 11) is -17.9. The third-order valence-electron chi connectivity index (χ3n) is 11.6. The number of aromatic amines is 3. The van der Waals surface area contributed by atoms with Crippen LogP contribution in [0, 0.1) is 14.3 Å². The van der Waals surface area contributed by atoms with Gasteiger partial charge < -0.3 is 33.2 Å². The Balaban J connectivity index is -0.000000137. The molecule has 0 saturated carbocycles. The number of hydrogen-bond acceptors (Lipinski definition) is 19. The van der Waals surface area contributed by atoms with Crippen molar-refractivity contribution in [1.82, 2.24) is 15.0 Å². The van der Waals surface area contributed by atoms with Gasteiger partial charge in [-0.2, -0.15) is 0 Å². The van der Waals surface area contributed by atoms with Crippen LogP contribution in [0.5, 0.6) is 0 Å². The van der Waals surface area contributed by atoms with E-state index in [1.54, 1.807) is 0 Å². The molecule has 1 rings (SSSR count). The second kappa shape index (κ2) is 73.9. The summed E-state index contributed by atoms with van der Waals surface area (Å²) in [6.45, 7) is 8.97. The number of rotatable bonds is 48. The first-order chi connectivity index (χ1) is 36.4. The minimum atomic E-state index is -4.48. The van der Waals surface area contributed by atoms with E-state index in [-0.39, 0.29) is 145 Å². The van der Waals surface area contributed by atoms with Gasteiger partial charge in [0.2, 0.25) is 41.6 Å². The molecule has 0 amide bonds. The van der Waals surface area contributed by atoms with Gasteiger partial charge in [0.15, 0.2) is 14.3 Å². The van der Waals surface area contributed by atoms with E-state index in [0.29, 0.717) is 40.0 Å². The van der Waals surface area contributed by atoms with Gasteiger partial charge in [-0.15, -0.1) is 0 Å². The molecule has 19 nitrogen and oxygen atoms in total. The zero-order chi connectivity index (χ0) is 58.8. The van der Waals surface area contributed by atoms with E-state index in [1.807, 2.05) is 0 Å². The van der Waals surface area contributed by atoms with Crippen LogP contribution >= 0.6 is 36.7 Å². The topological polar surface area (TPSA) is 313 Å². The first kappa shape index (κ1) is 100. The maximum absolute atomic E-state index is 10.1. The number of H-pyrrole nitrogens is 3. The van der Waals surface area contributed by atoms with Gasteiger partial charge in [0.05, 0.1) is 26.4 Å². The molecule has 0 aliphatic heterocycles. The predicted molar refractivity (Wildman–Crippen MR) is 312 cm³/mol. The first-order valence-electron chi connectivity index (χ1n) is 28.8. The average Bonchev–Trinajstić information content (AvgIpc) is 3.32. The van der Waals surface area contributed by atoms with Gasteiger partial charge in [-0.25, -0.2) is 33.7 Å². The smallest absolute Gasteiger partial charge is 0.726 e. The van der Waals surface area contributed by atoms with Crippen LogP contribution in [0.15, 0.2) is 0 Å². The van der Waals surface area contributed by atoms with E-state index >= 15 is 0 Å². The molecule has 0 aromatic carbocycles. The molecule has 0 aliphatic rings. The summed E-state index contributed by atoms with van der Waals surface area (Å²) < 4.78 is 139. The van der Waals surface area contributed by atoms with Gasteiger partial charge in [-0.3, -0.25) is 16.7 Å². The van der Waals surface area contributed by atoms with Crippen LogP contribution in [0.3, 0.4) is 0 Å². The summed E-state index contributed by atoms with van der Waals surface area (Å²) in [5, 5.41) is 0. The van der Waals surface area contributed by atoms with Crippen molar-refractivity contribution in [2.45, 2.75) is 285 Å². The zero-order valence-corrected chi connectivity index (χ0v) is 65.2. The van der Waals surface area contributed by atoms with Crippen molar-refractivity contribution in [3.05, 3.63) is 14.3 Å². The Hall–Kier alpha value is 3.15. The molecule has 464 valence electrons. The molecule has 3 N–H and O–H groups in total. The molecule has 0 aliphatic carbocycles. The number of aromatic nitrogens is 3. The Morgan fingerprint density at radius 1 is 0.259 bits per heavy atom. The van der Waals surface area contributed by atoms with Crippen molar-refractivity contribution in [1.29, 1.82) is 0 Å². The average molecular weight is 1330 g/mol. The molecule has 0 atom stereocenters. The largest absolute Gasteiger partial charge is 1.00 e. The van der Waals surface area contributed by atoms with Gasteiger partial charge in [0.1, 0.15) is 0 Å². The van der Waals surface area contributed by atoms with Gasteiger partial charge in [-0.1, -0.05) is 259 Å². The van der Waals surface area contributed by atoms with E-state index in [4.69, 9.17) is 36.7 Å². The molecule has 81 heavy (non-hydrogen) atoms. The van der Waals surface area contributed by atoms with E-state index in [9.17, 15) is 51.9 Å². The monoisotopic (exact) mass is 1330 g/mol. The molecule has 1 aromatic heterocycles. The minimum absolute atomic E-state index is 0. The Labute approximate surface area is 597 Å². The first-order valence-corrected chi connectivity index (χ1v) is 35.3. The molecule has 0 unspecified atom stereocenters. The van der Waals surface area contributed by atoms with E-state index in [1.165, 1.54) is 180 Å². The van der Waals surface area contributed by atoms with Crippen LogP contribution in [-0.4, -0.2) is 93.3 Å². The van der Waals surface area contributed by atoms with Crippen molar-refractivity contribution in [2.24, 2.45) is 0 Å². The third-order valence-corrected chi connectivity index (χ3v) is 14.0.